The van der Waals surface area contributed by atoms with E-state index in [9.17, 15) is 19.3 Å². The van der Waals surface area contributed by atoms with Crippen molar-refractivity contribution < 1.29 is 19.2 Å². The number of aromatic carboxylic acids is 1. The molecule has 0 radical (unpaired) electrons. The van der Waals surface area contributed by atoms with Crippen molar-refractivity contribution in [2.45, 2.75) is 0 Å². The largest absolute Gasteiger partial charge is 0.476 e. The van der Waals surface area contributed by atoms with E-state index in [1.54, 1.807) is 0 Å². The zero-order valence-corrected chi connectivity index (χ0v) is 11.0. The van der Waals surface area contributed by atoms with Gasteiger partial charge in [-0.1, -0.05) is 11.6 Å². The maximum absolute atomic E-state index is 14.1. The van der Waals surface area contributed by atoms with Gasteiger partial charge in [0.05, 0.1) is 15.6 Å². The molecular formula is C12H7ClFN3O4. The molecule has 108 valence electrons. The van der Waals surface area contributed by atoms with Crippen LogP contribution < -0.4 is 5.73 Å². The van der Waals surface area contributed by atoms with Crippen LogP contribution in [0.1, 0.15) is 10.5 Å². The van der Waals surface area contributed by atoms with Gasteiger partial charge >= 0.3 is 5.97 Å². The highest BCUT2D eigenvalue weighted by Gasteiger charge is 2.22. The van der Waals surface area contributed by atoms with E-state index in [0.717, 1.165) is 12.1 Å². The smallest absolute Gasteiger partial charge is 0.356 e. The van der Waals surface area contributed by atoms with Crippen LogP contribution in [-0.2, 0) is 0 Å². The van der Waals surface area contributed by atoms with Gasteiger partial charge < -0.3 is 10.8 Å². The highest BCUT2D eigenvalue weighted by atomic mass is 35.5. The molecular weight excluding hydrogens is 305 g/mol. The fourth-order valence-corrected chi connectivity index (χ4v) is 1.84. The molecule has 0 bridgehead atoms. The molecule has 2 aromatic rings. The molecule has 0 aliphatic rings. The summed E-state index contributed by atoms with van der Waals surface area (Å²) in [6.07, 6.45) is 0. The molecule has 7 nitrogen and oxygen atoms in total. The van der Waals surface area contributed by atoms with Crippen LogP contribution in [0.4, 0.5) is 15.8 Å². The summed E-state index contributed by atoms with van der Waals surface area (Å²) in [7, 11) is 0. The number of halogens is 2. The van der Waals surface area contributed by atoms with Crippen LogP contribution in [0.5, 0.6) is 0 Å². The van der Waals surface area contributed by atoms with E-state index >= 15 is 0 Å². The minimum Gasteiger partial charge on any atom is -0.476 e. The van der Waals surface area contributed by atoms with Gasteiger partial charge in [-0.05, 0) is 12.1 Å². The topological polar surface area (TPSA) is 119 Å². The predicted octanol–water partition coefficient (Wildman–Crippen LogP) is 2.73. The first-order valence-corrected chi connectivity index (χ1v) is 5.83. The van der Waals surface area contributed by atoms with Crippen molar-refractivity contribution in [3.05, 3.63) is 50.9 Å². The Kier molecular flexibility index (Phi) is 3.72. The van der Waals surface area contributed by atoms with Crippen molar-refractivity contribution in [3.8, 4) is 11.3 Å². The van der Waals surface area contributed by atoms with Crippen molar-refractivity contribution in [2.75, 3.05) is 5.73 Å². The van der Waals surface area contributed by atoms with Crippen LogP contribution in [0.15, 0.2) is 24.3 Å². The van der Waals surface area contributed by atoms with Crippen LogP contribution in [0.2, 0.25) is 5.02 Å². The average Bonchev–Trinajstić information content (AvgIpc) is 2.45. The third-order valence-electron chi connectivity index (χ3n) is 2.67. The van der Waals surface area contributed by atoms with Gasteiger partial charge in [0.2, 0.25) is 0 Å². The van der Waals surface area contributed by atoms with Crippen LogP contribution >= 0.6 is 11.6 Å². The maximum atomic E-state index is 14.1. The lowest BCUT2D eigenvalue weighted by molar-refractivity contribution is -0.384. The molecule has 9 heteroatoms. The summed E-state index contributed by atoms with van der Waals surface area (Å²) >= 11 is 5.62. The Bertz CT molecular complexity index is 749. The Morgan fingerprint density at radius 3 is 2.43 bits per heavy atom. The Balaban J connectivity index is 2.63. The van der Waals surface area contributed by atoms with E-state index in [0.29, 0.717) is 0 Å². The summed E-state index contributed by atoms with van der Waals surface area (Å²) < 4.78 is 14.1. The van der Waals surface area contributed by atoms with E-state index < -0.39 is 33.1 Å². The Morgan fingerprint density at radius 2 is 1.95 bits per heavy atom. The zero-order chi connectivity index (χ0) is 15.7. The standard InChI is InChI=1S/C12H7ClFN3O4/c13-7-9(15)8(14)10(16-11(7)12(18)19)5-1-3-6(4-2-5)17(20)21/h1-4H,(H2,15,16)(H,18,19). The number of rotatable bonds is 3. The fourth-order valence-electron chi connectivity index (χ4n) is 1.64. The molecule has 1 heterocycles. The number of carboxylic acids is 1. The lowest BCUT2D eigenvalue weighted by Crippen LogP contribution is -2.08. The number of hydrogen-bond acceptors (Lipinski definition) is 5. The number of carboxylic acid groups (broad SMARTS) is 1. The molecule has 1 aromatic heterocycles. The number of nitrogens with two attached hydrogens (primary N) is 1. The van der Waals surface area contributed by atoms with Gasteiger partial charge in [-0.25, -0.2) is 14.2 Å². The molecule has 3 N–H and O–H groups in total. The van der Waals surface area contributed by atoms with Gasteiger partial charge in [0, 0.05) is 17.7 Å². The normalized spacial score (nSPS) is 10.4. The van der Waals surface area contributed by atoms with Crippen LogP contribution in [-0.4, -0.2) is 21.0 Å². The van der Waals surface area contributed by atoms with E-state index in [1.807, 2.05) is 0 Å². The monoisotopic (exact) mass is 311 g/mol. The Labute approximate surface area is 121 Å². The van der Waals surface area contributed by atoms with Gasteiger partial charge in [-0.2, -0.15) is 0 Å². The van der Waals surface area contributed by atoms with Gasteiger partial charge in [0.15, 0.2) is 11.5 Å². The zero-order valence-electron chi connectivity index (χ0n) is 10.2. The quantitative estimate of drug-likeness (QED) is 0.664. The van der Waals surface area contributed by atoms with Crippen LogP contribution in [0.3, 0.4) is 0 Å². The number of carbonyl (C=O) groups is 1. The third-order valence-corrected chi connectivity index (χ3v) is 3.05. The Morgan fingerprint density at radius 1 is 1.38 bits per heavy atom. The molecule has 0 atom stereocenters. The number of nitrogen functional groups attached to an aromatic ring is 1. The molecule has 0 spiro atoms. The van der Waals surface area contributed by atoms with Crippen molar-refractivity contribution in [2.24, 2.45) is 0 Å². The number of nitro benzene ring substituents is 1. The number of anilines is 1. The molecule has 0 aliphatic heterocycles. The van der Waals surface area contributed by atoms with Gasteiger partial charge in [-0.15, -0.1) is 0 Å². The van der Waals surface area contributed by atoms with E-state index in [1.165, 1.54) is 12.1 Å². The summed E-state index contributed by atoms with van der Waals surface area (Å²) in [5.41, 5.74) is 3.88. The SMILES string of the molecule is Nc1c(F)c(-c2ccc([N+](=O)[O-])cc2)nc(C(=O)O)c1Cl. The van der Waals surface area contributed by atoms with Crippen molar-refractivity contribution >= 4 is 28.9 Å². The molecule has 0 saturated carbocycles. The lowest BCUT2D eigenvalue weighted by atomic mass is 10.1. The molecule has 1 aromatic carbocycles. The van der Waals surface area contributed by atoms with Gasteiger partial charge in [-0.3, -0.25) is 10.1 Å². The first kappa shape index (κ1) is 14.7. The summed E-state index contributed by atoms with van der Waals surface area (Å²) in [5, 5.41) is 19.0. The molecule has 0 saturated heterocycles. The number of nitrogens with zero attached hydrogens (tertiary/aromatic N) is 2. The summed E-state index contributed by atoms with van der Waals surface area (Å²) in [6.45, 7) is 0. The molecule has 0 unspecified atom stereocenters. The average molecular weight is 312 g/mol. The fraction of sp³-hybridized carbons (Fsp3) is 0. The number of non-ortho nitro benzene ring substituents is 1. The van der Waals surface area contributed by atoms with E-state index in [-0.39, 0.29) is 16.9 Å². The van der Waals surface area contributed by atoms with Crippen LogP contribution in [0.25, 0.3) is 11.3 Å². The highest BCUT2D eigenvalue weighted by Crippen LogP contribution is 2.32. The minimum absolute atomic E-state index is 0.143. The third kappa shape index (κ3) is 2.61. The summed E-state index contributed by atoms with van der Waals surface area (Å²) in [5.74, 6) is -2.45. The lowest BCUT2D eigenvalue weighted by Gasteiger charge is -2.09. The van der Waals surface area contributed by atoms with E-state index in [4.69, 9.17) is 22.4 Å². The second kappa shape index (κ2) is 5.33. The molecule has 0 aliphatic carbocycles. The van der Waals surface area contributed by atoms with Crippen LogP contribution in [0, 0.1) is 15.9 Å². The molecule has 0 amide bonds. The number of aromatic nitrogens is 1. The van der Waals surface area contributed by atoms with Crippen molar-refractivity contribution in [3.63, 3.8) is 0 Å². The first-order chi connectivity index (χ1) is 9.82. The molecule has 2 rings (SSSR count). The first-order valence-electron chi connectivity index (χ1n) is 5.45. The van der Waals surface area contributed by atoms with E-state index in [2.05, 4.69) is 4.98 Å². The van der Waals surface area contributed by atoms with Gasteiger partial charge in [0.1, 0.15) is 5.69 Å². The minimum atomic E-state index is -1.46. The van der Waals surface area contributed by atoms with Crippen molar-refractivity contribution in [1.82, 2.24) is 4.98 Å². The summed E-state index contributed by atoms with van der Waals surface area (Å²) in [6, 6.07) is 4.76. The molecule has 0 fully saturated rings. The highest BCUT2D eigenvalue weighted by molar-refractivity contribution is 6.35. The second-order valence-corrected chi connectivity index (χ2v) is 4.34. The number of nitro groups is 1. The summed E-state index contributed by atoms with van der Waals surface area (Å²) in [4.78, 5) is 24.6. The van der Waals surface area contributed by atoms with Gasteiger partial charge in [0.25, 0.3) is 5.69 Å². The number of hydrogen-bond donors (Lipinski definition) is 2. The number of benzene rings is 1. The Hall–Kier alpha value is -2.74. The molecule has 21 heavy (non-hydrogen) atoms. The maximum Gasteiger partial charge on any atom is 0.356 e. The number of pyridine rings is 1. The predicted molar refractivity (Wildman–Crippen MR) is 72.7 cm³/mol. The van der Waals surface area contributed by atoms with Crippen molar-refractivity contribution in [1.29, 1.82) is 0 Å². The second-order valence-electron chi connectivity index (χ2n) is 3.96.